The molecular weight excluding hydrogens is 445 g/mol. The van der Waals surface area contributed by atoms with Crippen LogP contribution in [-0.2, 0) is 11.3 Å². The van der Waals surface area contributed by atoms with Crippen molar-refractivity contribution in [1.29, 1.82) is 0 Å². The van der Waals surface area contributed by atoms with Crippen LogP contribution in [0.4, 0.5) is 13.2 Å². The van der Waals surface area contributed by atoms with Crippen molar-refractivity contribution in [2.45, 2.75) is 45.3 Å². The normalized spacial score (nSPS) is 11.1. The minimum absolute atomic E-state index is 0.162. The topological polar surface area (TPSA) is 64.4 Å². The van der Waals surface area contributed by atoms with E-state index in [1.807, 2.05) is 35.8 Å². The molecular formula is C26H25F3N2O3. The van der Waals surface area contributed by atoms with Gasteiger partial charge in [0, 0.05) is 40.9 Å². The van der Waals surface area contributed by atoms with Crippen LogP contribution < -0.4 is 4.74 Å². The van der Waals surface area contributed by atoms with Gasteiger partial charge >= 0.3 is 12.1 Å². The van der Waals surface area contributed by atoms with Gasteiger partial charge in [0.15, 0.2) is 0 Å². The van der Waals surface area contributed by atoms with Gasteiger partial charge in [0.1, 0.15) is 11.6 Å². The van der Waals surface area contributed by atoms with Gasteiger partial charge in [-0.05, 0) is 44.4 Å². The Morgan fingerprint density at radius 3 is 2.53 bits per heavy atom. The number of benzene rings is 2. The van der Waals surface area contributed by atoms with Gasteiger partial charge in [-0.25, -0.2) is 4.98 Å². The molecule has 0 saturated heterocycles. The first-order valence-electron chi connectivity index (χ1n) is 10.9. The Morgan fingerprint density at radius 1 is 1.09 bits per heavy atom. The first kappa shape index (κ1) is 24.9. The van der Waals surface area contributed by atoms with Gasteiger partial charge in [-0.1, -0.05) is 36.3 Å². The molecule has 0 aliphatic rings. The highest BCUT2D eigenvalue weighted by Gasteiger charge is 2.22. The number of ether oxygens (including phenoxy) is 1. The van der Waals surface area contributed by atoms with E-state index in [1.165, 1.54) is 5.92 Å². The fourth-order valence-corrected chi connectivity index (χ4v) is 3.42. The van der Waals surface area contributed by atoms with E-state index in [2.05, 4.69) is 10.9 Å². The zero-order valence-electron chi connectivity index (χ0n) is 18.7. The standard InChI is InChI=1S/C26H25F3N2O3/c1-19-17-30-25(21-12-10-20(11-13-21)14-15-26(27,28)29)31(19)18-22-7-4-5-8-23(22)34-16-6-2-3-9-24(32)33/h4-5,7-8,10-13,17H,2-3,6,9,16,18H2,1H3,(H,32,33). The molecule has 1 aromatic heterocycles. The molecule has 0 saturated carbocycles. The number of aromatic nitrogens is 2. The summed E-state index contributed by atoms with van der Waals surface area (Å²) in [5, 5.41) is 8.72. The lowest BCUT2D eigenvalue weighted by atomic mass is 10.1. The molecule has 0 radical (unpaired) electrons. The number of halogens is 3. The van der Waals surface area contributed by atoms with E-state index in [4.69, 9.17) is 9.84 Å². The molecule has 0 aliphatic carbocycles. The van der Waals surface area contributed by atoms with E-state index in [-0.39, 0.29) is 12.0 Å². The van der Waals surface area contributed by atoms with Crippen LogP contribution in [-0.4, -0.2) is 33.4 Å². The maximum atomic E-state index is 12.3. The smallest absolute Gasteiger partial charge is 0.458 e. The summed E-state index contributed by atoms with van der Waals surface area (Å²) in [7, 11) is 0. The summed E-state index contributed by atoms with van der Waals surface area (Å²) < 4.78 is 45.0. The highest BCUT2D eigenvalue weighted by atomic mass is 19.4. The minimum atomic E-state index is -4.53. The SMILES string of the molecule is Cc1cnc(-c2ccc(C#CC(F)(F)F)cc2)n1Cc1ccccc1OCCCCCC(=O)O. The molecule has 3 aromatic rings. The van der Waals surface area contributed by atoms with E-state index in [0.29, 0.717) is 25.4 Å². The molecule has 0 atom stereocenters. The van der Waals surface area contributed by atoms with Crippen LogP contribution in [0.2, 0.25) is 0 Å². The Hall–Kier alpha value is -3.73. The monoisotopic (exact) mass is 470 g/mol. The van der Waals surface area contributed by atoms with Crippen LogP contribution in [0.25, 0.3) is 11.4 Å². The first-order chi connectivity index (χ1) is 16.2. The average Bonchev–Trinajstić information content (AvgIpc) is 3.15. The lowest BCUT2D eigenvalue weighted by molar-refractivity contribution is -0.137. The van der Waals surface area contributed by atoms with Crippen LogP contribution in [0.1, 0.15) is 42.5 Å². The Morgan fingerprint density at radius 2 is 1.82 bits per heavy atom. The summed E-state index contributed by atoms with van der Waals surface area (Å²) in [6, 6.07) is 14.2. The zero-order valence-corrected chi connectivity index (χ0v) is 18.7. The number of hydrogen-bond donors (Lipinski definition) is 1. The van der Waals surface area contributed by atoms with E-state index in [1.54, 1.807) is 30.5 Å². The molecule has 1 heterocycles. The van der Waals surface area contributed by atoms with Crippen LogP contribution >= 0.6 is 0 Å². The zero-order chi connectivity index (χ0) is 24.6. The maximum absolute atomic E-state index is 12.3. The molecule has 0 unspecified atom stereocenters. The van der Waals surface area contributed by atoms with Crippen molar-refractivity contribution in [3.8, 4) is 29.0 Å². The molecule has 34 heavy (non-hydrogen) atoms. The third-order valence-corrected chi connectivity index (χ3v) is 5.14. The molecule has 0 bridgehead atoms. The second-order valence-corrected chi connectivity index (χ2v) is 7.80. The van der Waals surface area contributed by atoms with Gasteiger partial charge in [-0.15, -0.1) is 0 Å². The van der Waals surface area contributed by atoms with Gasteiger partial charge in [0.05, 0.1) is 13.2 Å². The van der Waals surface area contributed by atoms with Crippen LogP contribution in [0.5, 0.6) is 5.75 Å². The summed E-state index contributed by atoms with van der Waals surface area (Å²) in [5.74, 6) is 4.04. The molecule has 3 rings (SSSR count). The minimum Gasteiger partial charge on any atom is -0.493 e. The van der Waals surface area contributed by atoms with Crippen LogP contribution in [0.15, 0.2) is 54.7 Å². The number of aliphatic carboxylic acids is 1. The van der Waals surface area contributed by atoms with Crippen molar-refractivity contribution in [2.75, 3.05) is 6.61 Å². The number of aryl methyl sites for hydroxylation is 1. The molecule has 1 N–H and O–H groups in total. The van der Waals surface area contributed by atoms with E-state index >= 15 is 0 Å². The molecule has 0 amide bonds. The number of nitrogens with zero attached hydrogens (tertiary/aromatic N) is 2. The molecule has 178 valence electrons. The summed E-state index contributed by atoms with van der Waals surface area (Å²) >= 11 is 0. The summed E-state index contributed by atoms with van der Waals surface area (Å²) in [6.45, 7) is 2.93. The van der Waals surface area contributed by atoms with Crippen molar-refractivity contribution in [2.24, 2.45) is 0 Å². The molecule has 0 aliphatic heterocycles. The number of rotatable bonds is 10. The lowest BCUT2D eigenvalue weighted by Gasteiger charge is -2.15. The molecule has 0 spiro atoms. The summed E-state index contributed by atoms with van der Waals surface area (Å²) in [6.07, 6.45) is -0.449. The number of hydrogen-bond acceptors (Lipinski definition) is 3. The number of carboxylic acids is 1. The number of para-hydroxylation sites is 1. The summed E-state index contributed by atoms with van der Waals surface area (Å²) in [5.41, 5.74) is 2.93. The fourth-order valence-electron chi connectivity index (χ4n) is 3.42. The van der Waals surface area contributed by atoms with Crippen LogP contribution in [0, 0.1) is 18.8 Å². The number of imidazole rings is 1. The van der Waals surface area contributed by atoms with E-state index in [9.17, 15) is 18.0 Å². The number of carbonyl (C=O) groups is 1. The second kappa shape index (κ2) is 11.4. The van der Waals surface area contributed by atoms with Crippen molar-refractivity contribution in [3.05, 3.63) is 71.5 Å². The quantitative estimate of drug-likeness (QED) is 0.299. The highest BCUT2D eigenvalue weighted by Crippen LogP contribution is 2.25. The van der Waals surface area contributed by atoms with Crippen LogP contribution in [0.3, 0.4) is 0 Å². The molecule has 0 fully saturated rings. The van der Waals surface area contributed by atoms with Crippen molar-refractivity contribution in [3.63, 3.8) is 0 Å². The van der Waals surface area contributed by atoms with Gasteiger partial charge in [-0.2, -0.15) is 13.2 Å². The van der Waals surface area contributed by atoms with Gasteiger partial charge in [0.25, 0.3) is 0 Å². The number of alkyl halides is 3. The Bertz CT molecular complexity index is 1170. The van der Waals surface area contributed by atoms with Gasteiger partial charge in [0.2, 0.25) is 0 Å². The second-order valence-electron chi connectivity index (χ2n) is 7.80. The van der Waals surface area contributed by atoms with Gasteiger partial charge < -0.3 is 14.4 Å². The molecule has 2 aromatic carbocycles. The third-order valence-electron chi connectivity index (χ3n) is 5.14. The van der Waals surface area contributed by atoms with Crippen molar-refractivity contribution in [1.82, 2.24) is 9.55 Å². The number of carboxylic acid groups (broad SMARTS) is 1. The highest BCUT2D eigenvalue weighted by molar-refractivity contribution is 5.66. The number of unbranched alkanes of at least 4 members (excludes halogenated alkanes) is 2. The molecule has 5 nitrogen and oxygen atoms in total. The lowest BCUT2D eigenvalue weighted by Crippen LogP contribution is -2.07. The average molecular weight is 470 g/mol. The first-order valence-corrected chi connectivity index (χ1v) is 10.9. The predicted octanol–water partition coefficient (Wildman–Crippen LogP) is 5.84. The maximum Gasteiger partial charge on any atom is 0.458 e. The van der Waals surface area contributed by atoms with E-state index in [0.717, 1.165) is 35.4 Å². The fraction of sp³-hybridized carbons (Fsp3) is 0.308. The van der Waals surface area contributed by atoms with Gasteiger partial charge in [-0.3, -0.25) is 4.79 Å². The third kappa shape index (κ3) is 7.41. The Kier molecular flexibility index (Phi) is 8.36. The largest absolute Gasteiger partial charge is 0.493 e. The van der Waals surface area contributed by atoms with E-state index < -0.39 is 12.1 Å². The Labute approximate surface area is 196 Å². The van der Waals surface area contributed by atoms with Crippen molar-refractivity contribution < 1.29 is 27.8 Å². The Balaban J connectivity index is 1.71. The summed E-state index contributed by atoms with van der Waals surface area (Å²) in [4.78, 5) is 15.1. The van der Waals surface area contributed by atoms with Crippen molar-refractivity contribution >= 4 is 5.97 Å². The predicted molar refractivity (Wildman–Crippen MR) is 122 cm³/mol. The molecule has 8 heteroatoms.